The summed E-state index contributed by atoms with van der Waals surface area (Å²) in [6.45, 7) is 3.75. The number of esters is 1. The minimum atomic E-state index is -1.05. The number of ether oxygens (including phenoxy) is 1. The van der Waals surface area contributed by atoms with Crippen LogP contribution in [-0.2, 0) is 16.0 Å². The van der Waals surface area contributed by atoms with Crippen molar-refractivity contribution in [3.05, 3.63) is 35.9 Å². The van der Waals surface area contributed by atoms with E-state index in [4.69, 9.17) is 4.74 Å². The van der Waals surface area contributed by atoms with Crippen LogP contribution in [0.3, 0.4) is 0 Å². The molecule has 0 radical (unpaired) electrons. The van der Waals surface area contributed by atoms with Gasteiger partial charge in [0.15, 0.2) is 0 Å². The maximum absolute atomic E-state index is 11.3. The Kier molecular flexibility index (Phi) is 4.50. The van der Waals surface area contributed by atoms with Crippen molar-refractivity contribution in [1.82, 2.24) is 0 Å². The van der Waals surface area contributed by atoms with E-state index in [0.717, 1.165) is 5.56 Å². The summed E-state index contributed by atoms with van der Waals surface area (Å²) in [6, 6.07) is 9.61. The third-order valence-corrected chi connectivity index (χ3v) is 2.26. The van der Waals surface area contributed by atoms with Gasteiger partial charge in [-0.3, -0.25) is 4.79 Å². The van der Waals surface area contributed by atoms with Crippen molar-refractivity contribution in [2.75, 3.05) is 6.61 Å². The van der Waals surface area contributed by atoms with E-state index in [1.54, 1.807) is 13.8 Å². The Morgan fingerprint density at radius 1 is 1.38 bits per heavy atom. The zero-order valence-electron chi connectivity index (χ0n) is 9.77. The van der Waals surface area contributed by atoms with Crippen LogP contribution in [0, 0.1) is 0 Å². The molecule has 0 saturated carbocycles. The fourth-order valence-corrected chi connectivity index (χ4v) is 1.62. The van der Waals surface area contributed by atoms with Crippen molar-refractivity contribution in [2.45, 2.75) is 32.3 Å². The van der Waals surface area contributed by atoms with Crippen molar-refractivity contribution in [2.24, 2.45) is 0 Å². The number of benzene rings is 1. The number of rotatable bonds is 5. The monoisotopic (exact) mass is 222 g/mol. The van der Waals surface area contributed by atoms with Gasteiger partial charge in [-0.25, -0.2) is 0 Å². The number of carbonyl (C=O) groups excluding carboxylic acids is 1. The first-order valence-electron chi connectivity index (χ1n) is 5.45. The van der Waals surface area contributed by atoms with E-state index in [-0.39, 0.29) is 12.4 Å². The molecule has 16 heavy (non-hydrogen) atoms. The first-order chi connectivity index (χ1) is 7.53. The molecule has 0 aliphatic heterocycles. The van der Waals surface area contributed by atoms with Crippen molar-refractivity contribution < 1.29 is 14.6 Å². The van der Waals surface area contributed by atoms with Crippen LogP contribution in [-0.4, -0.2) is 23.3 Å². The normalized spacial score (nSPS) is 14.2. The summed E-state index contributed by atoms with van der Waals surface area (Å²) in [5, 5.41) is 10.1. The van der Waals surface area contributed by atoms with E-state index in [9.17, 15) is 9.90 Å². The molecule has 1 atom stereocenters. The molecule has 0 amide bonds. The highest BCUT2D eigenvalue weighted by molar-refractivity contribution is 5.70. The highest BCUT2D eigenvalue weighted by Crippen LogP contribution is 2.17. The van der Waals surface area contributed by atoms with Gasteiger partial charge in [-0.1, -0.05) is 30.3 Å². The lowest BCUT2D eigenvalue weighted by molar-refractivity contribution is -0.148. The Morgan fingerprint density at radius 3 is 2.56 bits per heavy atom. The molecule has 1 N–H and O–H groups in total. The molecule has 0 saturated heterocycles. The zero-order chi connectivity index (χ0) is 12.0. The average Bonchev–Trinajstić information content (AvgIpc) is 2.17. The van der Waals surface area contributed by atoms with Gasteiger partial charge in [0.1, 0.15) is 0 Å². The Bertz CT molecular complexity index is 330. The third kappa shape index (κ3) is 4.45. The van der Waals surface area contributed by atoms with Crippen LogP contribution in [0.25, 0.3) is 0 Å². The lowest BCUT2D eigenvalue weighted by atomic mass is 9.93. The van der Waals surface area contributed by atoms with Gasteiger partial charge < -0.3 is 9.84 Å². The molecule has 1 aromatic carbocycles. The fraction of sp³-hybridized carbons (Fsp3) is 0.462. The quantitative estimate of drug-likeness (QED) is 0.774. The minimum absolute atomic E-state index is 0.0235. The highest BCUT2D eigenvalue weighted by atomic mass is 16.5. The van der Waals surface area contributed by atoms with E-state index in [1.807, 2.05) is 30.3 Å². The van der Waals surface area contributed by atoms with E-state index in [2.05, 4.69) is 0 Å². The van der Waals surface area contributed by atoms with Gasteiger partial charge in [-0.15, -0.1) is 0 Å². The summed E-state index contributed by atoms with van der Waals surface area (Å²) in [6.07, 6.45) is 0.475. The molecule has 0 heterocycles. The topological polar surface area (TPSA) is 46.5 Å². The second-order valence-corrected chi connectivity index (χ2v) is 4.14. The summed E-state index contributed by atoms with van der Waals surface area (Å²) in [4.78, 5) is 11.3. The van der Waals surface area contributed by atoms with E-state index in [1.165, 1.54) is 0 Å². The fourth-order valence-electron chi connectivity index (χ4n) is 1.62. The lowest BCUT2D eigenvalue weighted by Crippen LogP contribution is -2.31. The molecule has 1 aromatic rings. The molecular formula is C13H18O3. The first kappa shape index (κ1) is 12.7. The summed E-state index contributed by atoms with van der Waals surface area (Å²) < 4.78 is 4.82. The number of hydrogen-bond donors (Lipinski definition) is 1. The van der Waals surface area contributed by atoms with E-state index < -0.39 is 5.60 Å². The molecule has 0 spiro atoms. The predicted octanol–water partition coefficient (Wildman–Crippen LogP) is 1.93. The SMILES string of the molecule is CCOC(=O)CC(C)(O)Cc1ccccc1. The molecule has 88 valence electrons. The number of aliphatic hydroxyl groups is 1. The standard InChI is InChI=1S/C13H18O3/c1-3-16-12(14)10-13(2,15)9-11-7-5-4-6-8-11/h4-8,15H,3,9-10H2,1-2H3. The van der Waals surface area contributed by atoms with E-state index >= 15 is 0 Å². The number of carbonyl (C=O) groups is 1. The van der Waals surface area contributed by atoms with Crippen LogP contribution < -0.4 is 0 Å². The highest BCUT2D eigenvalue weighted by Gasteiger charge is 2.25. The third-order valence-electron chi connectivity index (χ3n) is 2.26. The van der Waals surface area contributed by atoms with Crippen LogP contribution >= 0.6 is 0 Å². The average molecular weight is 222 g/mol. The van der Waals surface area contributed by atoms with Crippen molar-refractivity contribution in [1.29, 1.82) is 0 Å². The smallest absolute Gasteiger partial charge is 0.308 e. The summed E-state index contributed by atoms with van der Waals surface area (Å²) in [7, 11) is 0. The Morgan fingerprint density at radius 2 is 2.00 bits per heavy atom. The minimum Gasteiger partial charge on any atom is -0.466 e. The molecule has 1 unspecified atom stereocenters. The van der Waals surface area contributed by atoms with Gasteiger partial charge in [-0.2, -0.15) is 0 Å². The second-order valence-electron chi connectivity index (χ2n) is 4.14. The zero-order valence-corrected chi connectivity index (χ0v) is 9.77. The maximum atomic E-state index is 11.3. The first-order valence-corrected chi connectivity index (χ1v) is 5.45. The maximum Gasteiger partial charge on any atom is 0.308 e. The summed E-state index contributed by atoms with van der Waals surface area (Å²) >= 11 is 0. The molecule has 0 aromatic heterocycles. The van der Waals surface area contributed by atoms with Gasteiger partial charge >= 0.3 is 5.97 Å². The van der Waals surface area contributed by atoms with Crippen LogP contribution in [0.4, 0.5) is 0 Å². The molecule has 0 bridgehead atoms. The Labute approximate surface area is 96.1 Å². The predicted molar refractivity (Wildman–Crippen MR) is 62.0 cm³/mol. The van der Waals surface area contributed by atoms with Crippen molar-refractivity contribution in [3.8, 4) is 0 Å². The molecular weight excluding hydrogens is 204 g/mol. The largest absolute Gasteiger partial charge is 0.466 e. The van der Waals surface area contributed by atoms with Gasteiger partial charge in [0.25, 0.3) is 0 Å². The molecule has 1 rings (SSSR count). The molecule has 0 aliphatic carbocycles. The molecule has 3 heteroatoms. The summed E-state index contributed by atoms with van der Waals surface area (Å²) in [5.74, 6) is -0.358. The van der Waals surface area contributed by atoms with Crippen LogP contribution in [0.2, 0.25) is 0 Å². The number of hydrogen-bond acceptors (Lipinski definition) is 3. The van der Waals surface area contributed by atoms with Crippen molar-refractivity contribution in [3.63, 3.8) is 0 Å². The van der Waals surface area contributed by atoms with Gasteiger partial charge in [0, 0.05) is 6.42 Å². The van der Waals surface area contributed by atoms with E-state index in [0.29, 0.717) is 13.0 Å². The molecule has 3 nitrogen and oxygen atoms in total. The second kappa shape index (κ2) is 5.66. The van der Waals surface area contributed by atoms with Crippen LogP contribution in [0.1, 0.15) is 25.8 Å². The van der Waals surface area contributed by atoms with Gasteiger partial charge in [-0.05, 0) is 19.4 Å². The lowest BCUT2D eigenvalue weighted by Gasteiger charge is -2.22. The van der Waals surface area contributed by atoms with Crippen molar-refractivity contribution >= 4 is 5.97 Å². The van der Waals surface area contributed by atoms with Crippen LogP contribution in [0.15, 0.2) is 30.3 Å². The van der Waals surface area contributed by atoms with Gasteiger partial charge in [0.05, 0.1) is 18.6 Å². The Balaban J connectivity index is 2.54. The van der Waals surface area contributed by atoms with Crippen LogP contribution in [0.5, 0.6) is 0 Å². The summed E-state index contributed by atoms with van der Waals surface area (Å²) in [5.41, 5.74) is -0.0371. The molecule has 0 aliphatic rings. The van der Waals surface area contributed by atoms with Gasteiger partial charge in [0.2, 0.25) is 0 Å². The molecule has 0 fully saturated rings. The Hall–Kier alpha value is -1.35.